The number of hydrogen-bond acceptors (Lipinski definition) is 2. The van der Waals surface area contributed by atoms with Crippen LogP contribution in [0.2, 0.25) is 0 Å². The van der Waals surface area contributed by atoms with Crippen molar-refractivity contribution in [2.75, 3.05) is 13.1 Å². The molecule has 2 fully saturated rings. The third kappa shape index (κ3) is 1.95. The van der Waals surface area contributed by atoms with Crippen molar-refractivity contribution in [3.05, 3.63) is 35.4 Å². The van der Waals surface area contributed by atoms with Crippen LogP contribution in [-0.2, 0) is 5.54 Å². The number of rotatable bonds is 2. The second-order valence-electron chi connectivity index (χ2n) is 5.24. The quantitative estimate of drug-likeness (QED) is 0.843. The lowest BCUT2D eigenvalue weighted by Crippen LogP contribution is -2.28. The molecule has 3 heteroatoms. The maximum atomic E-state index is 12.2. The van der Waals surface area contributed by atoms with E-state index < -0.39 is 0 Å². The first-order valence-corrected chi connectivity index (χ1v) is 6.38. The van der Waals surface area contributed by atoms with E-state index in [1.807, 2.05) is 29.2 Å². The van der Waals surface area contributed by atoms with E-state index in [9.17, 15) is 4.79 Å². The zero-order valence-electron chi connectivity index (χ0n) is 9.98. The Balaban J connectivity index is 1.85. The summed E-state index contributed by atoms with van der Waals surface area (Å²) in [5, 5.41) is 0. The van der Waals surface area contributed by atoms with Gasteiger partial charge in [0.2, 0.25) is 0 Å². The number of hydrogen-bond donors (Lipinski definition) is 1. The molecule has 3 rings (SSSR count). The molecule has 0 bridgehead atoms. The Kier molecular flexibility index (Phi) is 2.44. The summed E-state index contributed by atoms with van der Waals surface area (Å²) in [6, 6.07) is 7.86. The topological polar surface area (TPSA) is 46.3 Å². The van der Waals surface area contributed by atoms with E-state index in [4.69, 9.17) is 5.73 Å². The highest BCUT2D eigenvalue weighted by atomic mass is 16.2. The van der Waals surface area contributed by atoms with Crippen LogP contribution < -0.4 is 5.73 Å². The van der Waals surface area contributed by atoms with Crippen molar-refractivity contribution >= 4 is 5.91 Å². The molecule has 1 amide bonds. The van der Waals surface area contributed by atoms with Crippen LogP contribution in [0, 0.1) is 0 Å². The highest BCUT2D eigenvalue weighted by Gasteiger charge is 2.40. The molecule has 17 heavy (non-hydrogen) atoms. The summed E-state index contributed by atoms with van der Waals surface area (Å²) >= 11 is 0. The fourth-order valence-electron chi connectivity index (χ4n) is 2.49. The fourth-order valence-corrected chi connectivity index (χ4v) is 2.49. The van der Waals surface area contributed by atoms with Crippen molar-refractivity contribution in [3.8, 4) is 0 Å². The van der Waals surface area contributed by atoms with Crippen LogP contribution in [0.25, 0.3) is 0 Å². The summed E-state index contributed by atoms with van der Waals surface area (Å²) in [6.45, 7) is 1.80. The number of nitrogens with zero attached hydrogens (tertiary/aromatic N) is 1. The molecular formula is C14H18N2O. The third-order valence-electron chi connectivity index (χ3n) is 3.87. The average molecular weight is 230 g/mol. The third-order valence-corrected chi connectivity index (χ3v) is 3.87. The van der Waals surface area contributed by atoms with Gasteiger partial charge < -0.3 is 10.6 Å². The number of carbonyl (C=O) groups excluding carboxylic acids is 1. The normalized spacial score (nSPS) is 21.6. The average Bonchev–Trinajstić information content (AvgIpc) is 2.92. The Labute approximate surface area is 102 Å². The predicted molar refractivity (Wildman–Crippen MR) is 66.7 cm³/mol. The van der Waals surface area contributed by atoms with E-state index in [0.29, 0.717) is 0 Å². The van der Waals surface area contributed by atoms with Crippen molar-refractivity contribution in [1.29, 1.82) is 0 Å². The monoisotopic (exact) mass is 230 g/mol. The molecule has 1 heterocycles. The number of nitrogens with two attached hydrogens (primary N) is 1. The van der Waals surface area contributed by atoms with Crippen LogP contribution in [0.4, 0.5) is 0 Å². The van der Waals surface area contributed by atoms with Gasteiger partial charge in [0, 0.05) is 24.2 Å². The molecule has 0 spiro atoms. The summed E-state index contributed by atoms with van der Waals surface area (Å²) in [7, 11) is 0. The first-order chi connectivity index (χ1) is 8.19. The molecule has 0 atom stereocenters. The Bertz CT molecular complexity index is 445. The summed E-state index contributed by atoms with van der Waals surface area (Å²) < 4.78 is 0. The van der Waals surface area contributed by atoms with Crippen LogP contribution in [0.3, 0.4) is 0 Å². The van der Waals surface area contributed by atoms with Crippen molar-refractivity contribution in [1.82, 2.24) is 4.90 Å². The molecule has 1 saturated heterocycles. The molecular weight excluding hydrogens is 212 g/mol. The molecule has 0 unspecified atom stereocenters. The van der Waals surface area contributed by atoms with Gasteiger partial charge in [-0.15, -0.1) is 0 Å². The molecule has 1 aromatic carbocycles. The molecule has 3 nitrogen and oxygen atoms in total. The SMILES string of the molecule is NC1(c2cccc(C(=O)N3CCCC3)c2)CC1. The molecule has 1 aliphatic carbocycles. The first kappa shape index (κ1) is 10.8. The van der Waals surface area contributed by atoms with Crippen molar-refractivity contribution in [3.63, 3.8) is 0 Å². The van der Waals surface area contributed by atoms with E-state index in [1.54, 1.807) is 0 Å². The second-order valence-corrected chi connectivity index (χ2v) is 5.24. The summed E-state index contributed by atoms with van der Waals surface area (Å²) in [5.74, 6) is 0.161. The van der Waals surface area contributed by atoms with Gasteiger partial charge in [0.1, 0.15) is 0 Å². The zero-order valence-corrected chi connectivity index (χ0v) is 9.98. The Morgan fingerprint density at radius 1 is 1.24 bits per heavy atom. The fraction of sp³-hybridized carbons (Fsp3) is 0.500. The predicted octanol–water partition coefficient (Wildman–Crippen LogP) is 1.87. The van der Waals surface area contributed by atoms with Crippen molar-refractivity contribution in [2.45, 2.75) is 31.2 Å². The summed E-state index contributed by atoms with van der Waals surface area (Å²) in [6.07, 6.45) is 4.33. The molecule has 2 aliphatic rings. The molecule has 0 radical (unpaired) electrons. The van der Waals surface area contributed by atoms with E-state index in [-0.39, 0.29) is 11.4 Å². The van der Waals surface area contributed by atoms with E-state index >= 15 is 0 Å². The lowest BCUT2D eigenvalue weighted by molar-refractivity contribution is 0.0792. The first-order valence-electron chi connectivity index (χ1n) is 6.38. The van der Waals surface area contributed by atoms with Gasteiger partial charge in [-0.05, 0) is 43.4 Å². The second kappa shape index (κ2) is 3.84. The van der Waals surface area contributed by atoms with Gasteiger partial charge in [-0.25, -0.2) is 0 Å². The number of amides is 1. The van der Waals surface area contributed by atoms with Crippen molar-refractivity contribution < 1.29 is 4.79 Å². The molecule has 90 valence electrons. The smallest absolute Gasteiger partial charge is 0.253 e. The van der Waals surface area contributed by atoms with E-state index in [2.05, 4.69) is 0 Å². The van der Waals surface area contributed by atoms with Gasteiger partial charge in [-0.1, -0.05) is 12.1 Å². The number of likely N-dealkylation sites (tertiary alicyclic amines) is 1. The Morgan fingerprint density at radius 2 is 1.94 bits per heavy atom. The molecule has 2 N–H and O–H groups in total. The standard InChI is InChI=1S/C14H18N2O/c15-14(6-7-14)12-5-3-4-11(10-12)13(17)16-8-1-2-9-16/h3-5,10H,1-2,6-9,15H2. The minimum absolute atomic E-state index is 0.151. The Morgan fingerprint density at radius 3 is 2.59 bits per heavy atom. The van der Waals surface area contributed by atoms with E-state index in [1.165, 1.54) is 0 Å². The van der Waals surface area contributed by atoms with Gasteiger partial charge >= 0.3 is 0 Å². The largest absolute Gasteiger partial charge is 0.339 e. The maximum absolute atomic E-state index is 12.2. The van der Waals surface area contributed by atoms with E-state index in [0.717, 1.165) is 49.9 Å². The molecule has 0 aromatic heterocycles. The van der Waals surface area contributed by atoms with Crippen molar-refractivity contribution in [2.24, 2.45) is 5.73 Å². The van der Waals surface area contributed by atoms with Gasteiger partial charge in [-0.3, -0.25) is 4.79 Å². The lowest BCUT2D eigenvalue weighted by Gasteiger charge is -2.16. The van der Waals surface area contributed by atoms with Gasteiger partial charge in [0.25, 0.3) is 5.91 Å². The highest BCUT2D eigenvalue weighted by molar-refractivity contribution is 5.94. The lowest BCUT2D eigenvalue weighted by atomic mass is 10.0. The van der Waals surface area contributed by atoms with Crippen LogP contribution in [-0.4, -0.2) is 23.9 Å². The maximum Gasteiger partial charge on any atom is 0.253 e. The van der Waals surface area contributed by atoms with Crippen LogP contribution >= 0.6 is 0 Å². The summed E-state index contributed by atoms with van der Waals surface area (Å²) in [4.78, 5) is 14.2. The van der Waals surface area contributed by atoms with Crippen LogP contribution in [0.15, 0.2) is 24.3 Å². The minimum atomic E-state index is -0.151. The van der Waals surface area contributed by atoms with Crippen LogP contribution in [0.5, 0.6) is 0 Å². The minimum Gasteiger partial charge on any atom is -0.339 e. The highest BCUT2D eigenvalue weighted by Crippen LogP contribution is 2.42. The number of carbonyl (C=O) groups is 1. The summed E-state index contributed by atoms with van der Waals surface area (Å²) in [5.41, 5.74) is 7.92. The Hall–Kier alpha value is -1.35. The number of benzene rings is 1. The van der Waals surface area contributed by atoms with Crippen LogP contribution in [0.1, 0.15) is 41.6 Å². The van der Waals surface area contributed by atoms with Gasteiger partial charge in [-0.2, -0.15) is 0 Å². The molecule has 1 saturated carbocycles. The molecule has 1 aromatic rings. The van der Waals surface area contributed by atoms with Gasteiger partial charge in [0.05, 0.1) is 0 Å². The zero-order chi connectivity index (χ0) is 11.9. The molecule has 1 aliphatic heterocycles. The van der Waals surface area contributed by atoms with Gasteiger partial charge in [0.15, 0.2) is 0 Å².